The van der Waals surface area contributed by atoms with Crippen LogP contribution >= 0.6 is 0 Å². The highest BCUT2D eigenvalue weighted by atomic mass is 19.3. The molecule has 2 saturated heterocycles. The van der Waals surface area contributed by atoms with E-state index in [0.717, 1.165) is 30.9 Å². The van der Waals surface area contributed by atoms with Crippen LogP contribution in [-0.2, 0) is 64.0 Å². The topological polar surface area (TPSA) is 299 Å². The van der Waals surface area contributed by atoms with Crippen LogP contribution in [0.1, 0.15) is 172 Å². The Morgan fingerprint density at radius 2 is 0.918 bits per heavy atom. The summed E-state index contributed by atoms with van der Waals surface area (Å²) in [6.45, 7) is 24.3. The van der Waals surface area contributed by atoms with Crippen LogP contribution in [-0.4, -0.2) is 251 Å². The van der Waals surface area contributed by atoms with E-state index in [4.69, 9.17) is 0 Å². The summed E-state index contributed by atoms with van der Waals surface area (Å²) in [5, 5.41) is 22.2. The van der Waals surface area contributed by atoms with Gasteiger partial charge in [0, 0.05) is 74.4 Å². The number of amides is 12. The third kappa shape index (κ3) is 24.0. The number of halogens is 2. The van der Waals surface area contributed by atoms with Crippen molar-refractivity contribution in [1.82, 2.24) is 60.5 Å². The van der Waals surface area contributed by atoms with Crippen LogP contribution in [0, 0.1) is 35.5 Å². The van der Waals surface area contributed by atoms with Crippen molar-refractivity contribution in [1.29, 1.82) is 0 Å². The van der Waals surface area contributed by atoms with Crippen molar-refractivity contribution in [2.75, 3.05) is 69.0 Å². The molecule has 1 aromatic rings. The van der Waals surface area contributed by atoms with Gasteiger partial charge in [0.25, 0.3) is 6.43 Å². The van der Waals surface area contributed by atoms with Crippen LogP contribution < -0.4 is 21.3 Å². The number of benzene rings is 1. The third-order valence-electron chi connectivity index (χ3n) is 18.3. The number of nitrogens with zero attached hydrogens (tertiary/aromatic N) is 8. The van der Waals surface area contributed by atoms with E-state index in [1.54, 1.807) is 18.7 Å². The highest BCUT2D eigenvalue weighted by molar-refractivity contribution is 6.00. The van der Waals surface area contributed by atoms with Gasteiger partial charge in [-0.1, -0.05) is 107 Å². The van der Waals surface area contributed by atoms with Gasteiger partial charge < -0.3 is 65.6 Å². The molecule has 27 heteroatoms. The molecule has 11 atom stereocenters. The first-order chi connectivity index (χ1) is 45.0. The molecule has 3 rings (SSSR count). The molecular weight excluding hydrogens is 1250 g/mol. The molecule has 0 saturated carbocycles. The fraction of sp³-hybridized carbons (Fsp3) is 0.743. The maximum absolute atomic E-state index is 15.4. The summed E-state index contributed by atoms with van der Waals surface area (Å²) in [5.41, 5.74) is 0.0536. The molecule has 2 fully saturated rings. The van der Waals surface area contributed by atoms with Crippen molar-refractivity contribution >= 4 is 70.9 Å². The molecule has 1 unspecified atom stereocenters. The highest BCUT2D eigenvalue weighted by Crippen LogP contribution is 2.26. The second kappa shape index (κ2) is 38.1. The van der Waals surface area contributed by atoms with Crippen LogP contribution in [0.25, 0.3) is 0 Å². The Balaban J connectivity index is 2.38. The number of hydrogen-bond acceptors (Lipinski definition) is 13. The smallest absolute Gasteiger partial charge is 0.263 e. The van der Waals surface area contributed by atoms with Gasteiger partial charge in [-0.25, -0.2) is 8.78 Å². The summed E-state index contributed by atoms with van der Waals surface area (Å²) in [6.07, 6.45) is -2.80. The first-order valence-corrected chi connectivity index (χ1v) is 34.4. The number of piperidine rings is 1. The number of carbonyl (C=O) groups is 12. The fourth-order valence-corrected chi connectivity index (χ4v) is 12.4. The average Bonchev–Trinajstić information content (AvgIpc) is 0.817. The molecule has 0 aromatic heterocycles. The SMILES string of the molecule is CC(C)C[C@@H]1NC(=O)[C@H](C)N(C)C(=O)C[C@@H](C(=O)N2CCCCC2)NC(=O)[C@H](CC(C)C)N(C)C(=O)CN(C)C(=O)[C@H]([C@@H](C)O)NC(=O)[C@H](C(C)C)N(C)C(=O)[C@H](CC(C)C)N(C)C(=O)C(Cc2ccc(C(F)F)cc2)NC(=O)[C@@H](CC(C)C)N(C)C(=O)[C@H](CC(C)C)N(C)C1=O. The molecule has 2 aliphatic rings. The van der Waals surface area contributed by atoms with E-state index in [9.17, 15) is 47.4 Å². The first-order valence-electron chi connectivity index (χ1n) is 34.4. The molecule has 0 radical (unpaired) electrons. The molecule has 0 bridgehead atoms. The van der Waals surface area contributed by atoms with Gasteiger partial charge in [0.05, 0.1) is 19.1 Å². The predicted molar refractivity (Wildman–Crippen MR) is 364 cm³/mol. The summed E-state index contributed by atoms with van der Waals surface area (Å²) in [4.78, 5) is 187. The summed E-state index contributed by atoms with van der Waals surface area (Å²) >= 11 is 0. The first kappa shape index (κ1) is 83.9. The minimum Gasteiger partial charge on any atom is -0.391 e. The monoisotopic (exact) mass is 1370 g/mol. The van der Waals surface area contributed by atoms with Gasteiger partial charge in [-0.2, -0.15) is 0 Å². The van der Waals surface area contributed by atoms with E-state index >= 15 is 24.0 Å². The van der Waals surface area contributed by atoms with Crippen molar-refractivity contribution in [3.05, 3.63) is 35.4 Å². The molecule has 25 nitrogen and oxygen atoms in total. The Labute approximate surface area is 574 Å². The number of rotatable bonds is 16. The largest absolute Gasteiger partial charge is 0.391 e. The van der Waals surface area contributed by atoms with Crippen LogP contribution in [0.2, 0.25) is 0 Å². The molecule has 548 valence electrons. The normalized spacial score (nSPS) is 25.7. The summed E-state index contributed by atoms with van der Waals surface area (Å²) < 4.78 is 27.8. The van der Waals surface area contributed by atoms with E-state index in [2.05, 4.69) is 21.3 Å². The Kier molecular flexibility index (Phi) is 33.0. The quantitative estimate of drug-likeness (QED) is 0.155. The second-order valence-corrected chi connectivity index (χ2v) is 29.3. The number of aliphatic hydroxyl groups excluding tert-OH is 1. The molecule has 0 aliphatic carbocycles. The standard InChI is InChI=1S/C70H116F2N12O13/c1-39(2)31-49-65(92)81(19)54(34-42(7)8)68(95)80(18)53(33-41(5)6)63(90)74-50(36-47-25-27-48(28-26-47)60(71)72)66(93)82(20)55(35-43(9)10)69(96)83(21)59(44(11)12)64(91)76-58(46(14)85)70(97)77(15)38-57(87)79(17)52(32-40(3)4)62(89)75-51(67(94)84-29-23-22-24-30-84)37-56(86)78(16)45(13)61(88)73-49/h25-28,39-46,49-55,58-60,85H,22-24,29-38H2,1-21H3,(H,73,88)(H,74,90)(H,75,89)(H,76,91)/t45-,46+,49-,50?,51-,52-,53+,54-,55-,58-,59-/m0/s1. The number of nitrogens with one attached hydrogen (secondary N) is 4. The molecule has 12 amide bonds. The van der Waals surface area contributed by atoms with E-state index < -0.39 is 163 Å². The lowest BCUT2D eigenvalue weighted by Gasteiger charge is -2.39. The van der Waals surface area contributed by atoms with E-state index in [1.807, 2.05) is 69.2 Å². The second-order valence-electron chi connectivity index (χ2n) is 29.3. The molecule has 2 aliphatic heterocycles. The van der Waals surface area contributed by atoms with Gasteiger partial charge in [-0.15, -0.1) is 0 Å². The summed E-state index contributed by atoms with van der Waals surface area (Å²) in [7, 11) is 9.51. The van der Waals surface area contributed by atoms with Gasteiger partial charge in [-0.05, 0) is 106 Å². The minimum absolute atomic E-state index is 0.0226. The van der Waals surface area contributed by atoms with Crippen LogP contribution in [0.15, 0.2) is 24.3 Å². The number of aliphatic hydroxyl groups is 1. The molecule has 97 heavy (non-hydrogen) atoms. The summed E-state index contributed by atoms with van der Waals surface area (Å²) in [5.74, 6) is -10.9. The average molecular weight is 1370 g/mol. The third-order valence-corrected chi connectivity index (χ3v) is 18.3. The molecule has 1 aromatic carbocycles. The molecule has 2 heterocycles. The molecule has 0 spiro atoms. The highest BCUT2D eigenvalue weighted by Gasteiger charge is 2.44. The van der Waals surface area contributed by atoms with Crippen LogP contribution in [0.5, 0.6) is 0 Å². The van der Waals surface area contributed by atoms with Gasteiger partial charge in [0.2, 0.25) is 70.9 Å². The Morgan fingerprint density at radius 1 is 0.485 bits per heavy atom. The Morgan fingerprint density at radius 3 is 1.38 bits per heavy atom. The van der Waals surface area contributed by atoms with E-state index in [1.165, 1.54) is 97.2 Å². The van der Waals surface area contributed by atoms with Gasteiger partial charge in [0.1, 0.15) is 60.4 Å². The van der Waals surface area contributed by atoms with Crippen LogP contribution in [0.4, 0.5) is 8.78 Å². The van der Waals surface area contributed by atoms with Crippen molar-refractivity contribution in [3.63, 3.8) is 0 Å². The van der Waals surface area contributed by atoms with E-state index in [0.29, 0.717) is 31.5 Å². The number of likely N-dealkylation sites (tertiary alicyclic amines) is 1. The minimum atomic E-state index is -2.82. The molecule has 5 N–H and O–H groups in total. The van der Waals surface area contributed by atoms with Gasteiger partial charge in [-0.3, -0.25) is 57.5 Å². The number of likely N-dealkylation sites (N-methyl/N-ethyl adjacent to an activating group) is 7. The Bertz CT molecular complexity index is 2870. The lowest BCUT2D eigenvalue weighted by atomic mass is 9.95. The van der Waals surface area contributed by atoms with Crippen molar-refractivity contribution < 1.29 is 71.4 Å². The van der Waals surface area contributed by atoms with Gasteiger partial charge >= 0.3 is 0 Å². The zero-order valence-electron chi connectivity index (χ0n) is 61.6. The number of hydrogen-bond donors (Lipinski definition) is 5. The maximum atomic E-state index is 15.4. The van der Waals surface area contributed by atoms with Gasteiger partial charge in [0.15, 0.2) is 0 Å². The number of carbonyl (C=O) groups excluding carboxylic acids is 12. The zero-order valence-corrected chi connectivity index (χ0v) is 61.6. The Hall–Kier alpha value is -7.32. The van der Waals surface area contributed by atoms with Crippen molar-refractivity contribution in [2.45, 2.75) is 234 Å². The predicted octanol–water partition coefficient (Wildman–Crippen LogP) is 4.23. The maximum Gasteiger partial charge on any atom is 0.263 e. The van der Waals surface area contributed by atoms with Crippen molar-refractivity contribution in [2.24, 2.45) is 35.5 Å². The zero-order chi connectivity index (χ0) is 73.9. The van der Waals surface area contributed by atoms with Crippen molar-refractivity contribution in [3.8, 4) is 0 Å². The number of alkyl halides is 2. The molecular formula is C70H116F2N12O13. The lowest BCUT2D eigenvalue weighted by molar-refractivity contribution is -0.152. The fourth-order valence-electron chi connectivity index (χ4n) is 12.4. The van der Waals surface area contributed by atoms with E-state index in [-0.39, 0.29) is 73.7 Å². The summed E-state index contributed by atoms with van der Waals surface area (Å²) in [6, 6.07) is -8.53. The lowest BCUT2D eigenvalue weighted by Crippen LogP contribution is -2.62. The van der Waals surface area contributed by atoms with Crippen LogP contribution in [0.3, 0.4) is 0 Å².